The van der Waals surface area contributed by atoms with Gasteiger partial charge >= 0.3 is 0 Å². The first-order valence-electron chi connectivity index (χ1n) is 9.25. The molecule has 1 amide bonds. The van der Waals surface area contributed by atoms with E-state index >= 15 is 0 Å². The van der Waals surface area contributed by atoms with Gasteiger partial charge in [0.15, 0.2) is 11.8 Å². The molecular formula is C19H19F2N5O4. The van der Waals surface area contributed by atoms with Crippen LogP contribution in [0.5, 0.6) is 5.75 Å². The molecule has 2 atom stereocenters. The van der Waals surface area contributed by atoms with Crippen molar-refractivity contribution in [1.29, 1.82) is 0 Å². The minimum absolute atomic E-state index is 0.170. The Morgan fingerprint density at radius 3 is 2.87 bits per heavy atom. The Hall–Kier alpha value is -3.59. The molecule has 30 heavy (non-hydrogen) atoms. The minimum atomic E-state index is -2.73. The van der Waals surface area contributed by atoms with Gasteiger partial charge in [0, 0.05) is 23.4 Å². The van der Waals surface area contributed by atoms with E-state index < -0.39 is 24.4 Å². The first kappa shape index (κ1) is 19.7. The van der Waals surface area contributed by atoms with Crippen molar-refractivity contribution >= 4 is 23.4 Å². The Morgan fingerprint density at radius 2 is 2.17 bits per heavy atom. The molecule has 3 heterocycles. The smallest absolute Gasteiger partial charge is 0.284 e. The van der Waals surface area contributed by atoms with Crippen molar-refractivity contribution in [3.8, 4) is 17.0 Å². The van der Waals surface area contributed by atoms with Crippen molar-refractivity contribution in [2.24, 2.45) is 5.73 Å². The van der Waals surface area contributed by atoms with Crippen molar-refractivity contribution in [2.75, 3.05) is 23.4 Å². The second kappa shape index (κ2) is 7.68. The monoisotopic (exact) mass is 419 g/mol. The van der Waals surface area contributed by atoms with Crippen LogP contribution in [0.4, 0.5) is 20.3 Å². The lowest BCUT2D eigenvalue weighted by atomic mass is 10.1. The molecule has 0 spiro atoms. The van der Waals surface area contributed by atoms with E-state index in [1.807, 2.05) is 0 Å². The first-order chi connectivity index (χ1) is 14.4. The van der Waals surface area contributed by atoms with Gasteiger partial charge in [-0.2, -0.15) is 5.10 Å². The summed E-state index contributed by atoms with van der Waals surface area (Å²) in [7, 11) is 0. The van der Waals surface area contributed by atoms with Gasteiger partial charge in [-0.05, 0) is 19.1 Å². The Bertz CT molecular complexity index is 1030. The van der Waals surface area contributed by atoms with Gasteiger partial charge in [-0.15, -0.1) is 0 Å². The summed E-state index contributed by atoms with van der Waals surface area (Å²) in [6.07, 6.45) is -2.73. The van der Waals surface area contributed by atoms with E-state index in [1.165, 1.54) is 0 Å². The van der Waals surface area contributed by atoms with Gasteiger partial charge in [-0.3, -0.25) is 14.4 Å². The molecule has 0 bridgehead atoms. The summed E-state index contributed by atoms with van der Waals surface area (Å²) in [5, 5.41) is 7.38. The average Bonchev–Trinajstić information content (AvgIpc) is 3.28. The van der Waals surface area contributed by atoms with Gasteiger partial charge in [0.2, 0.25) is 5.91 Å². The van der Waals surface area contributed by atoms with Gasteiger partial charge in [0.1, 0.15) is 31.0 Å². The molecule has 2 aromatic rings. The maximum Gasteiger partial charge on any atom is 0.284 e. The number of nitrogens with one attached hydrogen (secondary N) is 1. The summed E-state index contributed by atoms with van der Waals surface area (Å²) in [5.74, 6) is 1.46. The lowest BCUT2D eigenvalue weighted by molar-refractivity contribution is -0.118. The van der Waals surface area contributed by atoms with E-state index in [1.54, 1.807) is 41.8 Å². The van der Waals surface area contributed by atoms with Crippen LogP contribution in [0.15, 0.2) is 30.1 Å². The molecule has 0 aliphatic carbocycles. The molecule has 4 rings (SSSR count). The molecule has 1 aromatic carbocycles. The number of halogens is 2. The van der Waals surface area contributed by atoms with Crippen LogP contribution in [0.3, 0.4) is 0 Å². The van der Waals surface area contributed by atoms with E-state index in [2.05, 4.69) is 10.4 Å². The van der Waals surface area contributed by atoms with Crippen LogP contribution in [-0.2, 0) is 20.9 Å². The minimum Gasteiger partial charge on any atom is -0.491 e. The summed E-state index contributed by atoms with van der Waals surface area (Å²) < 4.78 is 39.3. The summed E-state index contributed by atoms with van der Waals surface area (Å²) in [4.78, 5) is 23.5. The lowest BCUT2D eigenvalue weighted by Gasteiger charge is -2.19. The number of primary amides is 1. The van der Waals surface area contributed by atoms with Crippen LogP contribution in [-0.4, -0.2) is 53.4 Å². The topological polar surface area (TPSA) is 112 Å². The number of aromatic nitrogens is 2. The van der Waals surface area contributed by atoms with Gasteiger partial charge in [0.05, 0.1) is 12.2 Å². The molecule has 11 heteroatoms. The quantitative estimate of drug-likeness (QED) is 0.704. The third-order valence-corrected chi connectivity index (χ3v) is 4.96. The van der Waals surface area contributed by atoms with Crippen LogP contribution in [0.25, 0.3) is 11.3 Å². The van der Waals surface area contributed by atoms with Crippen LogP contribution < -0.4 is 20.7 Å². The van der Waals surface area contributed by atoms with Crippen LogP contribution >= 0.6 is 0 Å². The molecule has 2 aliphatic heterocycles. The predicted molar refractivity (Wildman–Crippen MR) is 103 cm³/mol. The summed E-state index contributed by atoms with van der Waals surface area (Å²) in [6.45, 7) is 1.99. The van der Waals surface area contributed by atoms with Crippen molar-refractivity contribution < 1.29 is 27.8 Å². The largest absolute Gasteiger partial charge is 0.491 e. The van der Waals surface area contributed by atoms with Crippen LogP contribution in [0, 0.1) is 0 Å². The lowest BCUT2D eigenvalue weighted by Crippen LogP contribution is -2.36. The Labute approximate surface area is 170 Å². The highest BCUT2D eigenvalue weighted by atomic mass is 19.3. The molecule has 158 valence electrons. The number of amides is 1. The fourth-order valence-corrected chi connectivity index (χ4v) is 3.41. The number of anilines is 2. The molecule has 0 saturated carbocycles. The van der Waals surface area contributed by atoms with E-state index in [9.17, 15) is 18.4 Å². The first-order valence-corrected chi connectivity index (χ1v) is 9.25. The number of hydrogen-bond donors (Lipinski definition) is 2. The second-order valence-corrected chi connectivity index (χ2v) is 6.93. The molecule has 9 nitrogen and oxygen atoms in total. The number of hydrogen-bond acceptors (Lipinski definition) is 7. The maximum absolute atomic E-state index is 13.4. The third-order valence-electron chi connectivity index (χ3n) is 4.96. The number of benzene rings is 1. The Balaban J connectivity index is 1.71. The van der Waals surface area contributed by atoms with Gasteiger partial charge in [-0.25, -0.2) is 13.6 Å². The third kappa shape index (κ3) is 3.43. The molecular weight excluding hydrogens is 400 g/mol. The van der Waals surface area contributed by atoms with Crippen molar-refractivity contribution in [3.63, 3.8) is 0 Å². The van der Waals surface area contributed by atoms with E-state index in [4.69, 9.17) is 15.2 Å². The number of alkyl halides is 2. The highest BCUT2D eigenvalue weighted by Gasteiger charge is 2.40. The molecule has 1 aromatic heterocycles. The van der Waals surface area contributed by atoms with Gasteiger partial charge in [0.25, 0.3) is 12.3 Å². The number of fused-ring (bicyclic) bond motifs is 3. The Morgan fingerprint density at radius 1 is 1.37 bits per heavy atom. The van der Waals surface area contributed by atoms with Crippen molar-refractivity contribution in [2.45, 2.75) is 32.0 Å². The van der Waals surface area contributed by atoms with Gasteiger partial charge < -0.3 is 20.5 Å². The molecule has 3 N–H and O–H groups in total. The number of carbonyl (C=O) groups excluding carboxylic acids is 2. The summed E-state index contributed by atoms with van der Waals surface area (Å²) in [6, 6.07) is 4.97. The predicted octanol–water partition coefficient (Wildman–Crippen LogP) is 1.37. The Kier molecular flexibility index (Phi) is 5.04. The van der Waals surface area contributed by atoms with E-state index in [0.29, 0.717) is 35.8 Å². The molecule has 0 unspecified atom stereocenters. The normalized spacial score (nSPS) is 18.6. The maximum atomic E-state index is 13.4. The molecule has 2 aliphatic rings. The summed E-state index contributed by atoms with van der Waals surface area (Å²) >= 11 is 0. The average molecular weight is 419 g/mol. The van der Waals surface area contributed by atoms with Crippen LogP contribution in [0.1, 0.15) is 6.92 Å². The second-order valence-electron chi connectivity index (χ2n) is 6.93. The fraction of sp³-hybridized carbons (Fsp3) is 0.368. The number of ether oxygens (including phenoxy) is 2. The van der Waals surface area contributed by atoms with Crippen LogP contribution in [0.2, 0.25) is 0 Å². The highest BCUT2D eigenvalue weighted by molar-refractivity contribution is 5.83. The summed E-state index contributed by atoms with van der Waals surface area (Å²) in [5.41, 5.74) is 7.25. The van der Waals surface area contributed by atoms with Gasteiger partial charge in [-0.1, -0.05) is 0 Å². The number of carbonyl (C=O) groups is 1. The molecule has 1 saturated heterocycles. The van der Waals surface area contributed by atoms with Crippen molar-refractivity contribution in [1.82, 2.24) is 9.78 Å². The number of nitrogens with two attached hydrogens (primary N) is 1. The standard InChI is InChI=1S/C19H19F2N5O4/c1-10(19(22)28)23-11-2-3-12-13-7-16(24-25(13)4-5-29-15(12)6-11)26-14(18(20)21)9-30-17(26)8-27/h2-3,6-7,10,14,18,23H,4-5,9H2,1H3,(H2,22,28)/t10-,14-/m0/s1. The zero-order valence-corrected chi connectivity index (χ0v) is 16.0. The van der Waals surface area contributed by atoms with Crippen molar-refractivity contribution in [3.05, 3.63) is 30.1 Å². The highest BCUT2D eigenvalue weighted by Crippen LogP contribution is 2.38. The van der Waals surface area contributed by atoms with E-state index in [0.717, 1.165) is 4.90 Å². The zero-order valence-electron chi connectivity index (χ0n) is 16.0. The van der Waals surface area contributed by atoms with E-state index in [-0.39, 0.29) is 18.3 Å². The number of nitrogens with zero attached hydrogens (tertiary/aromatic N) is 3. The molecule has 1 fully saturated rings. The number of rotatable bonds is 5. The SMILES string of the molecule is C[C@H](Nc1ccc2c(c1)OCCn1nc(N3C(=C=O)OC[C@H]3C(F)F)cc1-2)C(N)=O. The fourth-order valence-electron chi connectivity index (χ4n) is 3.41. The molecule has 0 radical (unpaired) electrons. The zero-order chi connectivity index (χ0) is 21.4.